The standard InChI is InChI=1S/C18H24N4O3S/c23-11-3-9-19-17(24)14-4-1-10-22(12-14)13-15-5-6-16(25-15)26-18-20-7-2-8-21-18/h2,5-8,14,23H,1,3-4,9-13H2,(H,19,24). The summed E-state index contributed by atoms with van der Waals surface area (Å²) in [5, 5.41) is 13.1. The Hall–Kier alpha value is -1.90. The number of hydrogen-bond donors (Lipinski definition) is 2. The molecule has 3 rings (SSSR count). The minimum Gasteiger partial charge on any atom is -0.453 e. The fraction of sp³-hybridized carbons (Fsp3) is 0.500. The molecule has 1 aliphatic rings. The quantitative estimate of drug-likeness (QED) is 0.537. The Bertz CT molecular complexity index is 695. The highest BCUT2D eigenvalue weighted by Gasteiger charge is 2.26. The monoisotopic (exact) mass is 376 g/mol. The third-order valence-electron chi connectivity index (χ3n) is 4.26. The Balaban J connectivity index is 1.50. The lowest BCUT2D eigenvalue weighted by atomic mass is 9.97. The van der Waals surface area contributed by atoms with E-state index in [0.717, 1.165) is 36.8 Å². The van der Waals surface area contributed by atoms with E-state index in [1.807, 2.05) is 12.1 Å². The fourth-order valence-electron chi connectivity index (χ4n) is 2.99. The summed E-state index contributed by atoms with van der Waals surface area (Å²) in [5.41, 5.74) is 0. The van der Waals surface area contributed by atoms with Crippen LogP contribution >= 0.6 is 11.8 Å². The molecule has 3 heterocycles. The summed E-state index contributed by atoms with van der Waals surface area (Å²) in [7, 11) is 0. The van der Waals surface area contributed by atoms with Crippen molar-refractivity contribution in [3.8, 4) is 0 Å². The SMILES string of the molecule is O=C(NCCCO)C1CCCN(Cc2ccc(Sc3ncccn3)o2)C1. The third kappa shape index (κ3) is 5.55. The van der Waals surface area contributed by atoms with Crippen molar-refractivity contribution >= 4 is 17.7 Å². The Morgan fingerprint density at radius 1 is 1.38 bits per heavy atom. The molecular weight excluding hydrogens is 352 g/mol. The predicted octanol–water partition coefficient (Wildman–Crippen LogP) is 1.93. The van der Waals surface area contributed by atoms with E-state index >= 15 is 0 Å². The molecule has 0 spiro atoms. The first-order valence-corrected chi connectivity index (χ1v) is 9.71. The van der Waals surface area contributed by atoms with Gasteiger partial charge in [-0.05, 0) is 55.8 Å². The van der Waals surface area contributed by atoms with E-state index in [9.17, 15) is 4.79 Å². The summed E-state index contributed by atoms with van der Waals surface area (Å²) in [5.74, 6) is 0.966. The third-order valence-corrected chi connectivity index (χ3v) is 5.07. The lowest BCUT2D eigenvalue weighted by Crippen LogP contribution is -2.42. The minimum absolute atomic E-state index is 0.00368. The van der Waals surface area contributed by atoms with E-state index in [1.54, 1.807) is 18.5 Å². The van der Waals surface area contributed by atoms with Crippen molar-refractivity contribution < 1.29 is 14.3 Å². The smallest absolute Gasteiger partial charge is 0.224 e. The van der Waals surface area contributed by atoms with Gasteiger partial charge in [0, 0.05) is 32.1 Å². The molecule has 0 bridgehead atoms. The lowest BCUT2D eigenvalue weighted by Gasteiger charge is -2.31. The van der Waals surface area contributed by atoms with Gasteiger partial charge < -0.3 is 14.8 Å². The highest BCUT2D eigenvalue weighted by Crippen LogP contribution is 2.27. The van der Waals surface area contributed by atoms with Crippen LogP contribution in [0.4, 0.5) is 0 Å². The molecule has 140 valence electrons. The van der Waals surface area contributed by atoms with Crippen LogP contribution in [0.5, 0.6) is 0 Å². The van der Waals surface area contributed by atoms with Crippen molar-refractivity contribution in [1.29, 1.82) is 0 Å². The van der Waals surface area contributed by atoms with Crippen LogP contribution in [0.1, 0.15) is 25.0 Å². The molecular formula is C18H24N4O3S. The molecule has 0 aromatic carbocycles. The summed E-state index contributed by atoms with van der Waals surface area (Å²) in [4.78, 5) is 22.8. The Morgan fingerprint density at radius 3 is 3.04 bits per heavy atom. The molecule has 1 fully saturated rings. The van der Waals surface area contributed by atoms with Gasteiger partial charge in [-0.2, -0.15) is 0 Å². The summed E-state index contributed by atoms with van der Waals surface area (Å²) < 4.78 is 5.88. The zero-order valence-electron chi connectivity index (χ0n) is 14.6. The number of aliphatic hydroxyl groups is 1. The van der Waals surface area contributed by atoms with Crippen LogP contribution in [0, 0.1) is 5.92 Å². The number of hydrogen-bond acceptors (Lipinski definition) is 7. The van der Waals surface area contributed by atoms with Gasteiger partial charge in [-0.3, -0.25) is 9.69 Å². The average Bonchev–Trinajstić information content (AvgIpc) is 3.09. The van der Waals surface area contributed by atoms with Gasteiger partial charge in [-0.1, -0.05) is 0 Å². The van der Waals surface area contributed by atoms with Gasteiger partial charge in [0.15, 0.2) is 10.2 Å². The van der Waals surface area contributed by atoms with Gasteiger partial charge in [0.2, 0.25) is 5.91 Å². The summed E-state index contributed by atoms with van der Waals surface area (Å²) >= 11 is 1.40. The van der Waals surface area contributed by atoms with E-state index in [4.69, 9.17) is 9.52 Å². The summed E-state index contributed by atoms with van der Waals surface area (Å²) in [6, 6.07) is 5.68. The van der Waals surface area contributed by atoms with E-state index in [1.165, 1.54) is 11.8 Å². The topological polar surface area (TPSA) is 91.5 Å². The van der Waals surface area contributed by atoms with Crippen LogP contribution in [0.25, 0.3) is 0 Å². The predicted molar refractivity (Wildman–Crippen MR) is 97.6 cm³/mol. The first-order chi connectivity index (χ1) is 12.7. The molecule has 1 saturated heterocycles. The number of carbonyl (C=O) groups is 1. The molecule has 2 N–H and O–H groups in total. The maximum atomic E-state index is 12.2. The van der Waals surface area contributed by atoms with Crippen molar-refractivity contribution in [2.75, 3.05) is 26.2 Å². The molecule has 8 heteroatoms. The number of aliphatic hydroxyl groups excluding tert-OH is 1. The van der Waals surface area contributed by atoms with Crippen molar-refractivity contribution in [3.05, 3.63) is 36.4 Å². The number of nitrogens with zero attached hydrogens (tertiary/aromatic N) is 3. The molecule has 0 saturated carbocycles. The van der Waals surface area contributed by atoms with Crippen molar-refractivity contribution in [3.63, 3.8) is 0 Å². The van der Waals surface area contributed by atoms with Crippen LogP contribution in [0.15, 0.2) is 45.3 Å². The zero-order valence-corrected chi connectivity index (χ0v) is 15.5. The van der Waals surface area contributed by atoms with Crippen LogP contribution < -0.4 is 5.32 Å². The normalized spacial score (nSPS) is 18.0. The Kier molecular flexibility index (Phi) is 7.04. The van der Waals surface area contributed by atoms with Crippen LogP contribution in [-0.2, 0) is 11.3 Å². The number of aromatic nitrogens is 2. The number of piperidine rings is 1. The molecule has 2 aromatic heterocycles. The fourth-order valence-corrected chi connectivity index (χ4v) is 3.69. The van der Waals surface area contributed by atoms with E-state index in [-0.39, 0.29) is 18.4 Å². The second-order valence-corrected chi connectivity index (χ2v) is 7.27. The van der Waals surface area contributed by atoms with Crippen LogP contribution in [0.2, 0.25) is 0 Å². The maximum absolute atomic E-state index is 12.2. The Labute approximate surface area is 157 Å². The number of furan rings is 1. The molecule has 7 nitrogen and oxygen atoms in total. The molecule has 0 radical (unpaired) electrons. The average molecular weight is 376 g/mol. The molecule has 1 aliphatic heterocycles. The number of rotatable bonds is 8. The summed E-state index contributed by atoms with van der Waals surface area (Å²) in [6.07, 6.45) is 5.92. The highest BCUT2D eigenvalue weighted by molar-refractivity contribution is 7.99. The molecule has 1 amide bonds. The van der Waals surface area contributed by atoms with Gasteiger partial charge >= 0.3 is 0 Å². The zero-order chi connectivity index (χ0) is 18.2. The maximum Gasteiger partial charge on any atom is 0.224 e. The second kappa shape index (κ2) is 9.70. The Morgan fingerprint density at radius 2 is 2.23 bits per heavy atom. The minimum atomic E-state index is 0.00368. The van der Waals surface area contributed by atoms with Crippen molar-refractivity contribution in [2.24, 2.45) is 5.92 Å². The van der Waals surface area contributed by atoms with Gasteiger partial charge in [0.25, 0.3) is 0 Å². The first kappa shape index (κ1) is 18.9. The van der Waals surface area contributed by atoms with Gasteiger partial charge in [0.05, 0.1) is 12.5 Å². The number of amides is 1. The van der Waals surface area contributed by atoms with Crippen molar-refractivity contribution in [1.82, 2.24) is 20.2 Å². The van der Waals surface area contributed by atoms with Crippen LogP contribution in [0.3, 0.4) is 0 Å². The molecule has 1 unspecified atom stereocenters. The molecule has 0 aliphatic carbocycles. The van der Waals surface area contributed by atoms with E-state index < -0.39 is 0 Å². The number of nitrogens with one attached hydrogen (secondary N) is 1. The van der Waals surface area contributed by atoms with Gasteiger partial charge in [-0.25, -0.2) is 9.97 Å². The van der Waals surface area contributed by atoms with Crippen LogP contribution in [-0.4, -0.2) is 52.1 Å². The highest BCUT2D eigenvalue weighted by atomic mass is 32.2. The number of carbonyl (C=O) groups excluding carboxylic acids is 1. The first-order valence-electron chi connectivity index (χ1n) is 8.89. The molecule has 26 heavy (non-hydrogen) atoms. The van der Waals surface area contributed by atoms with Gasteiger partial charge in [-0.15, -0.1) is 0 Å². The van der Waals surface area contributed by atoms with Gasteiger partial charge in [0.1, 0.15) is 5.76 Å². The van der Waals surface area contributed by atoms with E-state index in [0.29, 0.717) is 24.7 Å². The lowest BCUT2D eigenvalue weighted by molar-refractivity contribution is -0.126. The van der Waals surface area contributed by atoms with Crippen molar-refractivity contribution in [2.45, 2.75) is 36.1 Å². The molecule has 2 aromatic rings. The largest absolute Gasteiger partial charge is 0.453 e. The second-order valence-electron chi connectivity index (χ2n) is 6.30. The summed E-state index contributed by atoms with van der Waals surface area (Å²) in [6.45, 7) is 3.02. The molecule has 1 atom stereocenters. The number of likely N-dealkylation sites (tertiary alicyclic amines) is 1. The van der Waals surface area contributed by atoms with E-state index in [2.05, 4.69) is 20.2 Å².